The van der Waals surface area contributed by atoms with Crippen molar-refractivity contribution in [2.45, 2.75) is 83.1 Å². The van der Waals surface area contributed by atoms with Gasteiger partial charge >= 0.3 is 12.2 Å². The molecule has 0 bridgehead atoms. The number of hydrogen-bond donors (Lipinski definition) is 5. The molecule has 2 aliphatic rings. The third-order valence-electron chi connectivity index (χ3n) is 5.96. The van der Waals surface area contributed by atoms with Crippen molar-refractivity contribution >= 4 is 39.9 Å². The molecular formula is C23H38N4O11S. The molecule has 1 unspecified atom stereocenters. The number of carbonyl (C=O) groups is 5. The first-order valence-electron chi connectivity index (χ1n) is 12.6. The van der Waals surface area contributed by atoms with Crippen LogP contribution in [0.1, 0.15) is 53.9 Å². The molecule has 2 fully saturated rings. The minimum atomic E-state index is -5.19. The van der Waals surface area contributed by atoms with E-state index in [9.17, 15) is 37.5 Å². The van der Waals surface area contributed by atoms with Gasteiger partial charge in [0.05, 0.1) is 19.1 Å². The predicted octanol–water partition coefficient (Wildman–Crippen LogP) is -0.467. The maximum atomic E-state index is 13.1. The highest BCUT2D eigenvalue weighted by Gasteiger charge is 2.40. The lowest BCUT2D eigenvalue weighted by molar-refractivity contribution is -0.132. The van der Waals surface area contributed by atoms with E-state index in [1.54, 1.807) is 34.6 Å². The molecule has 2 rings (SSSR count). The molecule has 222 valence electrons. The fourth-order valence-electron chi connectivity index (χ4n) is 4.01. The molecule has 4 atom stereocenters. The molecule has 0 radical (unpaired) electrons. The van der Waals surface area contributed by atoms with E-state index in [0.29, 0.717) is 13.0 Å². The normalized spacial score (nSPS) is 20.4. The standard InChI is InChI=1S/C23H38N4O11S/c1-12(2)8-16(26-21(32)37-14-10-27(11-14)22(33)38-23(3,4)5)19(30)25-15(9-13-6-7-24-18(13)29)17(28)20(31)39(34,35)36/h12-16,20,31H,6-11H2,1-5H3,(H,24,29)(H,25,30)(H,26,32)(H,34,35,36)/t13-,15+,16+,20?/m1/s1. The molecule has 2 saturated heterocycles. The molecule has 0 spiro atoms. The zero-order chi connectivity index (χ0) is 29.7. The van der Waals surface area contributed by atoms with E-state index in [2.05, 4.69) is 16.0 Å². The molecule has 0 aromatic carbocycles. The van der Waals surface area contributed by atoms with Gasteiger partial charge in [-0.25, -0.2) is 9.59 Å². The van der Waals surface area contributed by atoms with Crippen molar-refractivity contribution in [1.29, 1.82) is 0 Å². The van der Waals surface area contributed by atoms with E-state index < -0.39 is 75.0 Å². The van der Waals surface area contributed by atoms with Crippen LogP contribution in [0, 0.1) is 11.8 Å². The molecule has 15 nitrogen and oxygen atoms in total. The van der Waals surface area contributed by atoms with Crippen LogP contribution in [0.15, 0.2) is 0 Å². The first kappa shape index (κ1) is 32.2. The smallest absolute Gasteiger partial charge is 0.410 e. The van der Waals surface area contributed by atoms with Gasteiger partial charge in [0.1, 0.15) is 17.7 Å². The van der Waals surface area contributed by atoms with Crippen LogP contribution >= 0.6 is 0 Å². The summed E-state index contributed by atoms with van der Waals surface area (Å²) in [5, 5.41) is 17.1. The second-order valence-electron chi connectivity index (χ2n) is 11.1. The van der Waals surface area contributed by atoms with E-state index >= 15 is 0 Å². The van der Waals surface area contributed by atoms with Gasteiger partial charge in [-0.15, -0.1) is 0 Å². The van der Waals surface area contributed by atoms with Crippen LogP contribution in [-0.4, -0.2) is 102 Å². The van der Waals surface area contributed by atoms with Crippen molar-refractivity contribution in [2.75, 3.05) is 19.6 Å². The van der Waals surface area contributed by atoms with E-state index in [0.717, 1.165) is 0 Å². The van der Waals surface area contributed by atoms with Crippen LogP contribution < -0.4 is 16.0 Å². The highest BCUT2D eigenvalue weighted by atomic mass is 32.2. The van der Waals surface area contributed by atoms with E-state index in [4.69, 9.17) is 14.0 Å². The quantitative estimate of drug-likeness (QED) is 0.197. The minimum Gasteiger partial charge on any atom is -0.444 e. The SMILES string of the molecule is CC(C)C[C@H](NC(=O)OC1CN(C(=O)OC(C)(C)C)C1)C(=O)N[C@@H](C[C@H]1CCNC1=O)C(=O)C(O)S(=O)(=O)O. The van der Waals surface area contributed by atoms with Crippen molar-refractivity contribution in [3.8, 4) is 0 Å². The monoisotopic (exact) mass is 578 g/mol. The van der Waals surface area contributed by atoms with Gasteiger partial charge < -0.3 is 35.4 Å². The number of ketones is 1. The van der Waals surface area contributed by atoms with Crippen LogP contribution in [0.4, 0.5) is 9.59 Å². The van der Waals surface area contributed by atoms with Crippen molar-refractivity contribution in [3.05, 3.63) is 0 Å². The van der Waals surface area contributed by atoms with Gasteiger partial charge in [0.25, 0.3) is 10.1 Å². The highest BCUT2D eigenvalue weighted by Crippen LogP contribution is 2.20. The Balaban J connectivity index is 2.05. The van der Waals surface area contributed by atoms with Crippen LogP contribution in [0.2, 0.25) is 0 Å². The first-order valence-corrected chi connectivity index (χ1v) is 14.1. The highest BCUT2D eigenvalue weighted by molar-refractivity contribution is 7.87. The van der Waals surface area contributed by atoms with Gasteiger partial charge in [0, 0.05) is 12.5 Å². The lowest BCUT2D eigenvalue weighted by atomic mass is 9.95. The number of alkyl carbamates (subject to hydrolysis) is 1. The number of aliphatic hydroxyl groups is 1. The topological polar surface area (TPSA) is 218 Å². The molecule has 0 aliphatic carbocycles. The van der Waals surface area contributed by atoms with Gasteiger partial charge in [-0.05, 0) is 46.0 Å². The Kier molecular flexibility index (Phi) is 10.7. The first-order chi connectivity index (χ1) is 17.9. The van der Waals surface area contributed by atoms with E-state index in [-0.39, 0.29) is 31.8 Å². The third-order valence-corrected chi connectivity index (χ3v) is 6.75. The molecule has 4 amide bonds. The molecule has 5 N–H and O–H groups in total. The Labute approximate surface area is 227 Å². The molecule has 16 heteroatoms. The fraction of sp³-hybridized carbons (Fsp3) is 0.783. The number of carbonyl (C=O) groups excluding carboxylic acids is 5. The summed E-state index contributed by atoms with van der Waals surface area (Å²) >= 11 is 0. The molecule has 0 saturated carbocycles. The molecule has 2 heterocycles. The summed E-state index contributed by atoms with van der Waals surface area (Å²) in [5.74, 6) is -3.59. The summed E-state index contributed by atoms with van der Waals surface area (Å²) in [4.78, 5) is 63.7. The van der Waals surface area contributed by atoms with Crippen molar-refractivity contribution < 1.29 is 51.5 Å². The van der Waals surface area contributed by atoms with Crippen molar-refractivity contribution in [1.82, 2.24) is 20.9 Å². The van der Waals surface area contributed by atoms with Gasteiger partial charge in [-0.2, -0.15) is 8.42 Å². The molecule has 2 aliphatic heterocycles. The Morgan fingerprint density at radius 1 is 1.13 bits per heavy atom. The van der Waals surface area contributed by atoms with Crippen LogP contribution in [0.25, 0.3) is 0 Å². The minimum absolute atomic E-state index is 0.0942. The Morgan fingerprint density at radius 2 is 1.74 bits per heavy atom. The van der Waals surface area contributed by atoms with Crippen molar-refractivity contribution in [3.63, 3.8) is 0 Å². The number of hydrogen-bond acceptors (Lipinski definition) is 10. The molecule has 0 aromatic heterocycles. The number of nitrogens with zero attached hydrogens (tertiary/aromatic N) is 1. The Bertz CT molecular complexity index is 1050. The summed E-state index contributed by atoms with van der Waals surface area (Å²) < 4.78 is 42.3. The second kappa shape index (κ2) is 12.9. The predicted molar refractivity (Wildman–Crippen MR) is 135 cm³/mol. The molecule has 39 heavy (non-hydrogen) atoms. The van der Waals surface area contributed by atoms with Crippen LogP contribution in [0.3, 0.4) is 0 Å². The Hall–Kier alpha value is -2.98. The second-order valence-corrected chi connectivity index (χ2v) is 12.6. The zero-order valence-electron chi connectivity index (χ0n) is 22.6. The number of likely N-dealkylation sites (tertiary alicyclic amines) is 1. The number of Topliss-reactive ketones (excluding diaryl/α,β-unsaturated/α-hetero) is 1. The summed E-state index contributed by atoms with van der Waals surface area (Å²) in [7, 11) is -5.19. The average molecular weight is 579 g/mol. The van der Waals surface area contributed by atoms with E-state index in [1.165, 1.54) is 4.90 Å². The van der Waals surface area contributed by atoms with Crippen LogP contribution in [-0.2, 0) is 34.0 Å². The number of amides is 4. The van der Waals surface area contributed by atoms with Gasteiger partial charge in [0.2, 0.25) is 23.0 Å². The zero-order valence-corrected chi connectivity index (χ0v) is 23.4. The molecular weight excluding hydrogens is 540 g/mol. The fourth-order valence-corrected chi connectivity index (χ4v) is 4.47. The van der Waals surface area contributed by atoms with E-state index in [1.807, 2.05) is 0 Å². The number of aliphatic hydroxyl groups excluding tert-OH is 1. The van der Waals surface area contributed by atoms with Gasteiger partial charge in [-0.3, -0.25) is 18.9 Å². The summed E-state index contributed by atoms with van der Waals surface area (Å²) in [6.07, 6.45) is -2.08. The lowest BCUT2D eigenvalue weighted by Crippen LogP contribution is -2.58. The van der Waals surface area contributed by atoms with Gasteiger partial charge in [0.15, 0.2) is 0 Å². The third kappa shape index (κ3) is 9.93. The maximum Gasteiger partial charge on any atom is 0.410 e. The van der Waals surface area contributed by atoms with Crippen molar-refractivity contribution in [2.24, 2.45) is 11.8 Å². The summed E-state index contributed by atoms with van der Waals surface area (Å²) in [6.45, 7) is 9.20. The average Bonchev–Trinajstić information content (AvgIpc) is 3.15. The Morgan fingerprint density at radius 3 is 2.23 bits per heavy atom. The van der Waals surface area contributed by atoms with Crippen LogP contribution in [0.5, 0.6) is 0 Å². The molecule has 0 aromatic rings. The summed E-state index contributed by atoms with van der Waals surface area (Å²) in [6, 6.07) is -2.88. The number of rotatable bonds is 11. The van der Waals surface area contributed by atoms with Gasteiger partial charge in [-0.1, -0.05) is 13.8 Å². The summed E-state index contributed by atoms with van der Waals surface area (Å²) in [5.41, 5.74) is -3.52. The lowest BCUT2D eigenvalue weighted by Gasteiger charge is -2.39. The number of ether oxygens (including phenoxy) is 2. The number of nitrogens with one attached hydrogen (secondary N) is 3. The maximum absolute atomic E-state index is 13.1. The largest absolute Gasteiger partial charge is 0.444 e.